The number of benzene rings is 1. The van der Waals surface area contributed by atoms with Crippen molar-refractivity contribution in [2.45, 2.75) is 6.92 Å². The Morgan fingerprint density at radius 1 is 1.48 bits per heavy atom. The van der Waals surface area contributed by atoms with Crippen LogP contribution < -0.4 is 0 Å². The second kappa shape index (κ2) is 6.18. The largest absolute Gasteiger partial charge is 0.458 e. The van der Waals surface area contributed by atoms with Gasteiger partial charge in [0.25, 0.3) is 5.78 Å². The van der Waals surface area contributed by atoms with Crippen molar-refractivity contribution in [2.24, 2.45) is 0 Å². The van der Waals surface area contributed by atoms with Gasteiger partial charge in [-0.25, -0.2) is 14.3 Å². The van der Waals surface area contributed by atoms with Gasteiger partial charge in [-0.1, -0.05) is 36.4 Å². The van der Waals surface area contributed by atoms with Gasteiger partial charge in [0.05, 0.1) is 11.3 Å². The molecule has 0 spiro atoms. The Hall–Kier alpha value is -2.73. The molecule has 3 aromatic rings. The van der Waals surface area contributed by atoms with E-state index in [0.717, 1.165) is 5.56 Å². The lowest BCUT2D eigenvalue weighted by atomic mass is 10.2. The van der Waals surface area contributed by atoms with Crippen molar-refractivity contribution in [1.82, 2.24) is 19.6 Å². The highest BCUT2D eigenvalue weighted by Crippen LogP contribution is 2.21. The Morgan fingerprint density at radius 2 is 2.30 bits per heavy atom. The third-order valence-corrected chi connectivity index (χ3v) is 3.48. The number of esters is 1. The van der Waals surface area contributed by atoms with Gasteiger partial charge in [-0.05, 0) is 19.1 Å². The number of nitrogens with zero attached hydrogens (tertiary/aromatic N) is 4. The number of fused-ring (bicyclic) bond motifs is 1. The first-order chi connectivity index (χ1) is 11.1. The molecule has 2 heterocycles. The van der Waals surface area contributed by atoms with Crippen LogP contribution in [0.4, 0.5) is 0 Å². The van der Waals surface area contributed by atoms with Crippen LogP contribution in [0.1, 0.15) is 16.1 Å². The molecule has 0 aliphatic rings. The number of aryl methyl sites for hydroxylation is 1. The molecule has 0 bridgehead atoms. The van der Waals surface area contributed by atoms with Gasteiger partial charge in [-0.3, -0.25) is 0 Å². The minimum Gasteiger partial charge on any atom is -0.458 e. The minimum atomic E-state index is -0.475. The Morgan fingerprint density at radius 3 is 3.04 bits per heavy atom. The number of ether oxygens (including phenoxy) is 1. The second-order valence-electron chi connectivity index (χ2n) is 4.80. The summed E-state index contributed by atoms with van der Waals surface area (Å²) < 4.78 is 6.55. The molecule has 0 N–H and O–H groups in total. The van der Waals surface area contributed by atoms with Crippen molar-refractivity contribution in [2.75, 3.05) is 6.61 Å². The van der Waals surface area contributed by atoms with Gasteiger partial charge in [-0.15, -0.1) is 5.10 Å². The molecule has 0 saturated carbocycles. The molecule has 0 fully saturated rings. The maximum Gasteiger partial charge on any atom is 0.341 e. The average molecular weight is 329 g/mol. The molecule has 0 atom stereocenters. The zero-order valence-electron chi connectivity index (χ0n) is 12.4. The molecule has 0 saturated heterocycles. The van der Waals surface area contributed by atoms with Gasteiger partial charge in [-0.2, -0.15) is 4.98 Å². The van der Waals surface area contributed by atoms with Crippen molar-refractivity contribution in [3.8, 4) is 11.4 Å². The predicted molar refractivity (Wildman–Crippen MR) is 86.4 cm³/mol. The molecule has 23 heavy (non-hydrogen) atoms. The van der Waals surface area contributed by atoms with Crippen LogP contribution in [0.5, 0.6) is 0 Å². The van der Waals surface area contributed by atoms with E-state index in [1.165, 1.54) is 16.8 Å². The summed E-state index contributed by atoms with van der Waals surface area (Å²) in [6, 6.07) is 7.22. The first-order valence-corrected chi connectivity index (χ1v) is 7.24. The van der Waals surface area contributed by atoms with E-state index < -0.39 is 5.97 Å². The zero-order chi connectivity index (χ0) is 16.4. The van der Waals surface area contributed by atoms with Gasteiger partial charge >= 0.3 is 5.97 Å². The normalized spacial score (nSPS) is 10.7. The molecule has 7 heteroatoms. The molecule has 0 radical (unpaired) electrons. The van der Waals surface area contributed by atoms with Gasteiger partial charge in [0.1, 0.15) is 6.61 Å². The van der Waals surface area contributed by atoms with E-state index in [2.05, 4.69) is 21.6 Å². The molecule has 0 aliphatic heterocycles. The smallest absolute Gasteiger partial charge is 0.341 e. The maximum absolute atomic E-state index is 12.0. The standard InChI is InChI=1S/C16H13ClN4O2/c1-3-7-23-15(22)13-9-18-16-19-14(20-21(16)10(13)2)11-5-4-6-12(17)8-11/h3-6,8-9H,1,7H2,2H3. The Balaban J connectivity index is 2.05. The van der Waals surface area contributed by atoms with E-state index in [0.29, 0.717) is 27.9 Å². The number of aromatic nitrogens is 4. The molecular formula is C16H13ClN4O2. The van der Waals surface area contributed by atoms with Crippen LogP contribution in [0.15, 0.2) is 43.1 Å². The van der Waals surface area contributed by atoms with Crippen molar-refractivity contribution in [1.29, 1.82) is 0 Å². The summed E-state index contributed by atoms with van der Waals surface area (Å²) in [5.41, 5.74) is 1.71. The lowest BCUT2D eigenvalue weighted by Gasteiger charge is -2.05. The fourth-order valence-electron chi connectivity index (χ4n) is 2.10. The number of carbonyl (C=O) groups excluding carboxylic acids is 1. The Labute approximate surface area is 137 Å². The van der Waals surface area contributed by atoms with Crippen molar-refractivity contribution in [3.63, 3.8) is 0 Å². The fourth-order valence-corrected chi connectivity index (χ4v) is 2.30. The topological polar surface area (TPSA) is 69.4 Å². The summed E-state index contributed by atoms with van der Waals surface area (Å²) in [4.78, 5) is 20.5. The monoisotopic (exact) mass is 328 g/mol. The fraction of sp³-hybridized carbons (Fsp3) is 0.125. The molecule has 0 amide bonds. The van der Waals surface area contributed by atoms with E-state index in [9.17, 15) is 4.79 Å². The summed E-state index contributed by atoms with van der Waals surface area (Å²) >= 11 is 5.99. The van der Waals surface area contributed by atoms with Crippen LogP contribution in [0, 0.1) is 6.92 Å². The number of hydrogen-bond donors (Lipinski definition) is 0. The second-order valence-corrected chi connectivity index (χ2v) is 5.24. The highest BCUT2D eigenvalue weighted by atomic mass is 35.5. The Bertz CT molecular complexity index is 904. The summed E-state index contributed by atoms with van der Waals surface area (Å²) in [6.07, 6.45) is 2.94. The third-order valence-electron chi connectivity index (χ3n) is 3.24. The zero-order valence-corrected chi connectivity index (χ0v) is 13.1. The number of hydrogen-bond acceptors (Lipinski definition) is 5. The number of rotatable bonds is 4. The molecular weight excluding hydrogens is 316 g/mol. The first-order valence-electron chi connectivity index (χ1n) is 6.86. The van der Waals surface area contributed by atoms with E-state index in [4.69, 9.17) is 16.3 Å². The molecule has 0 aliphatic carbocycles. The van der Waals surface area contributed by atoms with E-state index in [1.54, 1.807) is 19.1 Å². The molecule has 1 aromatic carbocycles. The summed E-state index contributed by atoms with van der Waals surface area (Å²) in [6.45, 7) is 5.41. The van der Waals surface area contributed by atoms with Crippen LogP contribution >= 0.6 is 11.6 Å². The van der Waals surface area contributed by atoms with Crippen molar-refractivity contribution >= 4 is 23.3 Å². The summed E-state index contributed by atoms with van der Waals surface area (Å²) in [7, 11) is 0. The molecule has 116 valence electrons. The van der Waals surface area contributed by atoms with Gasteiger partial charge in [0.15, 0.2) is 5.82 Å². The van der Waals surface area contributed by atoms with Gasteiger partial charge in [0.2, 0.25) is 0 Å². The van der Waals surface area contributed by atoms with E-state index in [-0.39, 0.29) is 6.61 Å². The highest BCUT2D eigenvalue weighted by Gasteiger charge is 2.16. The quantitative estimate of drug-likeness (QED) is 0.543. The van der Waals surface area contributed by atoms with Crippen molar-refractivity contribution < 1.29 is 9.53 Å². The van der Waals surface area contributed by atoms with Gasteiger partial charge < -0.3 is 4.74 Å². The van der Waals surface area contributed by atoms with Gasteiger partial charge in [0, 0.05) is 16.8 Å². The average Bonchev–Trinajstić information content (AvgIpc) is 2.98. The number of halogens is 1. The maximum atomic E-state index is 12.0. The predicted octanol–water partition coefficient (Wildman–Crippen LogP) is 3.10. The SMILES string of the molecule is C=CCOC(=O)c1cnc2nc(-c3cccc(Cl)c3)nn2c1C. The van der Waals surface area contributed by atoms with Crippen LogP contribution in [-0.2, 0) is 4.74 Å². The number of carbonyl (C=O) groups is 1. The molecule has 2 aromatic heterocycles. The van der Waals surface area contributed by atoms with Crippen LogP contribution in [0.3, 0.4) is 0 Å². The lowest BCUT2D eigenvalue weighted by Crippen LogP contribution is -2.11. The van der Waals surface area contributed by atoms with Crippen molar-refractivity contribution in [3.05, 3.63) is 59.4 Å². The summed E-state index contributed by atoms with van der Waals surface area (Å²) in [5, 5.41) is 5.00. The van der Waals surface area contributed by atoms with Crippen LogP contribution in [-0.4, -0.2) is 32.2 Å². The molecule has 3 rings (SSSR count). The molecule has 6 nitrogen and oxygen atoms in total. The van der Waals surface area contributed by atoms with Crippen LogP contribution in [0.2, 0.25) is 5.02 Å². The lowest BCUT2D eigenvalue weighted by molar-refractivity contribution is 0.0547. The van der Waals surface area contributed by atoms with E-state index in [1.807, 2.05) is 12.1 Å². The minimum absolute atomic E-state index is 0.140. The summed E-state index contributed by atoms with van der Waals surface area (Å²) in [5.74, 6) is 0.411. The first kappa shape index (κ1) is 15.2. The third kappa shape index (κ3) is 2.93. The van der Waals surface area contributed by atoms with E-state index >= 15 is 0 Å². The highest BCUT2D eigenvalue weighted by molar-refractivity contribution is 6.30. The molecule has 0 unspecified atom stereocenters. The Kier molecular flexibility index (Phi) is 4.08. The van der Waals surface area contributed by atoms with Crippen LogP contribution in [0.25, 0.3) is 17.2 Å².